The minimum atomic E-state index is 0.902. The fourth-order valence-electron chi connectivity index (χ4n) is 3.37. The van der Waals surface area contributed by atoms with E-state index in [1.807, 2.05) is 0 Å². The number of hydrogen-bond acceptors (Lipinski definition) is 2. The fraction of sp³-hybridized carbons (Fsp3) is 0.857. The Hall–Kier alpha value is -0.340. The van der Waals surface area contributed by atoms with Crippen LogP contribution in [0.15, 0.2) is 12.2 Å². The van der Waals surface area contributed by atoms with E-state index in [-0.39, 0.29) is 0 Å². The van der Waals surface area contributed by atoms with E-state index >= 15 is 0 Å². The number of hydrogen-bond donors (Lipinski definition) is 1. The van der Waals surface area contributed by atoms with Crippen molar-refractivity contribution in [3.63, 3.8) is 0 Å². The molecule has 90 valence electrons. The smallest absolute Gasteiger partial charge is 0.0107 e. The molecule has 0 aromatic heterocycles. The largest absolute Gasteiger partial charge is 0.315 e. The quantitative estimate of drug-likeness (QED) is 0.543. The van der Waals surface area contributed by atoms with Gasteiger partial charge in [0.25, 0.3) is 0 Å². The molecule has 3 aliphatic rings. The third kappa shape index (κ3) is 2.33. The van der Waals surface area contributed by atoms with Gasteiger partial charge in [0, 0.05) is 19.1 Å². The summed E-state index contributed by atoms with van der Waals surface area (Å²) in [6, 6.07) is 0.909. The molecule has 0 heterocycles. The van der Waals surface area contributed by atoms with Gasteiger partial charge in [-0.1, -0.05) is 12.2 Å². The Labute approximate surface area is 99.1 Å². The van der Waals surface area contributed by atoms with Crippen LogP contribution in [0.3, 0.4) is 0 Å². The lowest BCUT2D eigenvalue weighted by Gasteiger charge is -2.20. The summed E-state index contributed by atoms with van der Waals surface area (Å²) in [7, 11) is 2.26. The van der Waals surface area contributed by atoms with Crippen LogP contribution in [-0.2, 0) is 0 Å². The lowest BCUT2D eigenvalue weighted by Crippen LogP contribution is -2.33. The maximum Gasteiger partial charge on any atom is 0.0107 e. The predicted molar refractivity (Wildman–Crippen MR) is 67.4 cm³/mol. The second-order valence-corrected chi connectivity index (χ2v) is 5.96. The molecular weight excluding hydrogens is 196 g/mol. The highest BCUT2D eigenvalue weighted by Crippen LogP contribution is 2.42. The minimum Gasteiger partial charge on any atom is -0.315 e. The van der Waals surface area contributed by atoms with Crippen LogP contribution in [0.1, 0.15) is 25.7 Å². The zero-order chi connectivity index (χ0) is 11.0. The maximum atomic E-state index is 3.65. The van der Waals surface area contributed by atoms with E-state index in [0.717, 1.165) is 23.8 Å². The van der Waals surface area contributed by atoms with Crippen molar-refractivity contribution in [2.75, 3.05) is 26.7 Å². The molecule has 0 spiro atoms. The zero-order valence-electron chi connectivity index (χ0n) is 10.4. The molecule has 0 saturated heterocycles. The van der Waals surface area contributed by atoms with Gasteiger partial charge < -0.3 is 10.2 Å². The second kappa shape index (κ2) is 4.50. The van der Waals surface area contributed by atoms with E-state index in [1.54, 1.807) is 0 Å². The van der Waals surface area contributed by atoms with Gasteiger partial charge in [0.15, 0.2) is 0 Å². The summed E-state index contributed by atoms with van der Waals surface area (Å²) in [5.41, 5.74) is 0. The van der Waals surface area contributed by atoms with Crippen LogP contribution in [0.4, 0.5) is 0 Å². The maximum absolute atomic E-state index is 3.65. The normalized spacial score (nSPS) is 36.5. The summed E-state index contributed by atoms with van der Waals surface area (Å²) in [4.78, 5) is 2.51. The van der Waals surface area contributed by atoms with Crippen molar-refractivity contribution < 1.29 is 0 Å². The molecular formula is C14H24N2. The minimum absolute atomic E-state index is 0.902. The predicted octanol–water partition coefficient (Wildman–Crippen LogP) is 1.88. The molecule has 2 fully saturated rings. The Bertz CT molecular complexity index is 270. The van der Waals surface area contributed by atoms with Gasteiger partial charge in [-0.05, 0) is 57.0 Å². The number of likely N-dealkylation sites (N-methyl/N-ethyl adjacent to an activating group) is 1. The Morgan fingerprint density at radius 3 is 2.75 bits per heavy atom. The highest BCUT2D eigenvalue weighted by Gasteiger charge is 2.35. The average Bonchev–Trinajstić information content (AvgIpc) is 2.95. The molecule has 0 radical (unpaired) electrons. The third-order valence-corrected chi connectivity index (χ3v) is 4.63. The number of nitrogens with zero attached hydrogens (tertiary/aromatic N) is 1. The molecule has 0 aromatic rings. The summed E-state index contributed by atoms with van der Waals surface area (Å²) < 4.78 is 0. The van der Waals surface area contributed by atoms with E-state index in [2.05, 4.69) is 29.4 Å². The first-order valence-electron chi connectivity index (χ1n) is 6.92. The van der Waals surface area contributed by atoms with Gasteiger partial charge >= 0.3 is 0 Å². The van der Waals surface area contributed by atoms with Gasteiger partial charge in [0.1, 0.15) is 0 Å². The lowest BCUT2D eigenvalue weighted by molar-refractivity contribution is 0.313. The molecule has 16 heavy (non-hydrogen) atoms. The zero-order valence-corrected chi connectivity index (χ0v) is 10.4. The van der Waals surface area contributed by atoms with Gasteiger partial charge in [-0.15, -0.1) is 0 Å². The molecule has 2 bridgehead atoms. The molecule has 0 amide bonds. The molecule has 3 aliphatic carbocycles. The number of allylic oxidation sites excluding steroid dienone is 2. The van der Waals surface area contributed by atoms with Crippen molar-refractivity contribution in [3.05, 3.63) is 12.2 Å². The third-order valence-electron chi connectivity index (χ3n) is 4.63. The first-order valence-corrected chi connectivity index (χ1v) is 6.92. The second-order valence-electron chi connectivity index (χ2n) is 5.96. The van der Waals surface area contributed by atoms with E-state index in [1.165, 1.54) is 45.3 Å². The van der Waals surface area contributed by atoms with Crippen molar-refractivity contribution in [3.8, 4) is 0 Å². The average molecular weight is 220 g/mol. The van der Waals surface area contributed by atoms with Gasteiger partial charge in [-0.3, -0.25) is 0 Å². The SMILES string of the molecule is CN(CCNCC1CC2C=CC1C2)C1CC1. The van der Waals surface area contributed by atoms with Crippen molar-refractivity contribution in [1.29, 1.82) is 0 Å². The molecule has 0 aliphatic heterocycles. The summed E-state index contributed by atoms with van der Waals surface area (Å²) in [5.74, 6) is 2.76. The van der Waals surface area contributed by atoms with Crippen LogP contribution in [0.25, 0.3) is 0 Å². The van der Waals surface area contributed by atoms with Crippen molar-refractivity contribution in [2.24, 2.45) is 17.8 Å². The van der Waals surface area contributed by atoms with E-state index in [9.17, 15) is 0 Å². The van der Waals surface area contributed by atoms with E-state index in [0.29, 0.717) is 0 Å². The topological polar surface area (TPSA) is 15.3 Å². The first-order chi connectivity index (χ1) is 7.83. The van der Waals surface area contributed by atoms with Crippen molar-refractivity contribution in [2.45, 2.75) is 31.7 Å². The summed E-state index contributed by atoms with van der Waals surface area (Å²) in [5, 5.41) is 3.65. The van der Waals surface area contributed by atoms with Crippen LogP contribution in [0.5, 0.6) is 0 Å². The summed E-state index contributed by atoms with van der Waals surface area (Å²) in [6.45, 7) is 3.63. The molecule has 3 unspecified atom stereocenters. The van der Waals surface area contributed by atoms with Crippen LogP contribution in [0.2, 0.25) is 0 Å². The van der Waals surface area contributed by atoms with E-state index in [4.69, 9.17) is 0 Å². The van der Waals surface area contributed by atoms with Gasteiger partial charge in [-0.2, -0.15) is 0 Å². The Morgan fingerprint density at radius 1 is 1.25 bits per heavy atom. The monoisotopic (exact) mass is 220 g/mol. The first kappa shape index (κ1) is 10.8. The standard InChI is InChI=1S/C14H24N2/c1-16(14-4-5-14)7-6-15-10-13-9-11-2-3-12(13)8-11/h2-3,11-15H,4-10H2,1H3. The molecule has 0 aromatic carbocycles. The molecule has 3 atom stereocenters. The van der Waals surface area contributed by atoms with Crippen LogP contribution < -0.4 is 5.32 Å². The van der Waals surface area contributed by atoms with Crippen molar-refractivity contribution in [1.82, 2.24) is 10.2 Å². The van der Waals surface area contributed by atoms with E-state index < -0.39 is 0 Å². The van der Waals surface area contributed by atoms with Gasteiger partial charge in [0.05, 0.1) is 0 Å². The van der Waals surface area contributed by atoms with Gasteiger partial charge in [-0.25, -0.2) is 0 Å². The molecule has 1 N–H and O–H groups in total. The number of rotatable bonds is 6. The Balaban J connectivity index is 1.30. The van der Waals surface area contributed by atoms with Crippen LogP contribution >= 0.6 is 0 Å². The number of nitrogens with one attached hydrogen (secondary N) is 1. The molecule has 3 rings (SSSR count). The number of fused-ring (bicyclic) bond motifs is 2. The fourth-order valence-corrected chi connectivity index (χ4v) is 3.37. The summed E-state index contributed by atoms with van der Waals surface area (Å²) in [6.07, 6.45) is 10.6. The van der Waals surface area contributed by atoms with Crippen molar-refractivity contribution >= 4 is 0 Å². The highest BCUT2D eigenvalue weighted by atomic mass is 15.2. The van der Waals surface area contributed by atoms with Crippen LogP contribution in [0, 0.1) is 17.8 Å². The Morgan fingerprint density at radius 2 is 2.12 bits per heavy atom. The molecule has 2 nitrogen and oxygen atoms in total. The van der Waals surface area contributed by atoms with Crippen LogP contribution in [-0.4, -0.2) is 37.6 Å². The lowest BCUT2D eigenvalue weighted by atomic mass is 9.94. The summed E-state index contributed by atoms with van der Waals surface area (Å²) >= 11 is 0. The Kier molecular flexibility index (Phi) is 3.03. The van der Waals surface area contributed by atoms with Gasteiger partial charge in [0.2, 0.25) is 0 Å². The molecule has 2 heteroatoms. The molecule has 2 saturated carbocycles. The highest BCUT2D eigenvalue weighted by molar-refractivity contribution is 5.10.